The molecule has 0 aliphatic carbocycles. The number of guanidine groups is 1. The summed E-state index contributed by atoms with van der Waals surface area (Å²) in [5.41, 5.74) is 8.08. The van der Waals surface area contributed by atoms with E-state index < -0.39 is 0 Å². The Bertz CT molecular complexity index is 436. The van der Waals surface area contributed by atoms with Crippen molar-refractivity contribution in [1.82, 2.24) is 5.32 Å². The van der Waals surface area contributed by atoms with E-state index in [1.54, 1.807) is 7.11 Å². The van der Waals surface area contributed by atoms with Crippen LogP contribution in [0.3, 0.4) is 0 Å². The largest absolute Gasteiger partial charge is 0.496 e. The van der Waals surface area contributed by atoms with Crippen LogP contribution in [0.15, 0.2) is 23.2 Å². The quantitative estimate of drug-likeness (QED) is 0.301. The highest BCUT2D eigenvalue weighted by atomic mass is 127. The number of halogens is 1. The highest BCUT2D eigenvalue weighted by molar-refractivity contribution is 14.0. The van der Waals surface area contributed by atoms with Gasteiger partial charge < -0.3 is 15.8 Å². The number of aliphatic imine (C=N–C) groups is 1. The molecule has 0 fully saturated rings. The second-order valence-electron chi connectivity index (χ2n) is 5.00. The first kappa shape index (κ1) is 20.0. The topological polar surface area (TPSA) is 59.6 Å². The first-order valence-corrected chi connectivity index (χ1v) is 7.34. The molecule has 0 aromatic heterocycles. The third-order valence-electron chi connectivity index (χ3n) is 3.20. The van der Waals surface area contributed by atoms with Crippen molar-refractivity contribution in [2.75, 3.05) is 13.7 Å². The average Bonchev–Trinajstić information content (AvgIpc) is 2.45. The van der Waals surface area contributed by atoms with E-state index in [9.17, 15) is 0 Å². The van der Waals surface area contributed by atoms with E-state index in [0.717, 1.165) is 24.3 Å². The van der Waals surface area contributed by atoms with Gasteiger partial charge in [-0.3, -0.25) is 0 Å². The summed E-state index contributed by atoms with van der Waals surface area (Å²) in [5, 5.41) is 3.15. The molecule has 0 unspecified atom stereocenters. The highest BCUT2D eigenvalue weighted by Crippen LogP contribution is 2.20. The summed E-state index contributed by atoms with van der Waals surface area (Å²) >= 11 is 0. The Morgan fingerprint density at radius 1 is 1.29 bits per heavy atom. The number of hydrogen-bond donors (Lipinski definition) is 2. The molecule has 1 aromatic carbocycles. The van der Waals surface area contributed by atoms with Gasteiger partial charge in [-0.25, -0.2) is 4.99 Å². The predicted molar refractivity (Wildman–Crippen MR) is 101 cm³/mol. The minimum atomic E-state index is 0. The van der Waals surface area contributed by atoms with Crippen LogP contribution in [0.4, 0.5) is 0 Å². The van der Waals surface area contributed by atoms with E-state index in [-0.39, 0.29) is 24.0 Å². The molecule has 120 valence electrons. The van der Waals surface area contributed by atoms with Crippen LogP contribution < -0.4 is 15.8 Å². The van der Waals surface area contributed by atoms with Crippen LogP contribution in [0.2, 0.25) is 0 Å². The second-order valence-corrected chi connectivity index (χ2v) is 5.00. The van der Waals surface area contributed by atoms with Crippen molar-refractivity contribution in [2.24, 2.45) is 10.7 Å². The van der Waals surface area contributed by atoms with Gasteiger partial charge in [0.05, 0.1) is 13.7 Å². The highest BCUT2D eigenvalue weighted by Gasteiger charge is 2.02. The molecule has 0 aliphatic heterocycles. The Hall–Kier alpha value is -0.980. The summed E-state index contributed by atoms with van der Waals surface area (Å²) < 4.78 is 5.35. The number of unbranched alkanes of at least 4 members (excludes halogenated alkanes) is 3. The Morgan fingerprint density at radius 3 is 2.71 bits per heavy atom. The summed E-state index contributed by atoms with van der Waals surface area (Å²) in [6.45, 7) is 5.68. The van der Waals surface area contributed by atoms with Crippen molar-refractivity contribution in [3.05, 3.63) is 29.3 Å². The fourth-order valence-corrected chi connectivity index (χ4v) is 1.98. The molecule has 0 radical (unpaired) electrons. The second kappa shape index (κ2) is 11.7. The van der Waals surface area contributed by atoms with Crippen LogP contribution in [-0.2, 0) is 6.54 Å². The van der Waals surface area contributed by atoms with Gasteiger partial charge >= 0.3 is 0 Å². The molecule has 1 rings (SSSR count). The molecule has 0 aliphatic rings. The predicted octanol–water partition coefficient (Wildman–Crippen LogP) is 3.61. The smallest absolute Gasteiger partial charge is 0.188 e. The lowest BCUT2D eigenvalue weighted by Crippen LogP contribution is -2.32. The minimum Gasteiger partial charge on any atom is -0.496 e. The summed E-state index contributed by atoms with van der Waals surface area (Å²) in [6, 6.07) is 6.10. The number of aryl methyl sites for hydroxylation is 1. The normalized spacial score (nSPS) is 10.9. The van der Waals surface area contributed by atoms with Crippen LogP contribution >= 0.6 is 24.0 Å². The lowest BCUT2D eigenvalue weighted by atomic mass is 10.1. The molecular weight excluding hydrogens is 377 g/mol. The van der Waals surface area contributed by atoms with Gasteiger partial charge in [-0.05, 0) is 25.0 Å². The van der Waals surface area contributed by atoms with Gasteiger partial charge in [0.2, 0.25) is 0 Å². The van der Waals surface area contributed by atoms with Gasteiger partial charge in [-0.2, -0.15) is 0 Å². The van der Waals surface area contributed by atoms with Crippen molar-refractivity contribution < 1.29 is 4.74 Å². The zero-order valence-corrected chi connectivity index (χ0v) is 15.6. The third kappa shape index (κ3) is 8.14. The van der Waals surface area contributed by atoms with Crippen molar-refractivity contribution in [2.45, 2.75) is 46.1 Å². The van der Waals surface area contributed by atoms with E-state index in [4.69, 9.17) is 10.5 Å². The van der Waals surface area contributed by atoms with E-state index in [0.29, 0.717) is 12.5 Å². The maximum atomic E-state index is 5.86. The zero-order chi connectivity index (χ0) is 14.8. The number of rotatable bonds is 8. The van der Waals surface area contributed by atoms with Crippen LogP contribution in [0.25, 0.3) is 0 Å². The van der Waals surface area contributed by atoms with E-state index >= 15 is 0 Å². The number of nitrogens with one attached hydrogen (secondary N) is 1. The number of methoxy groups -OCH3 is 1. The SMILES string of the molecule is CCCCCCNC(N)=NCc1ccc(C)cc1OC.I. The average molecular weight is 405 g/mol. The summed E-state index contributed by atoms with van der Waals surface area (Å²) in [7, 11) is 1.68. The summed E-state index contributed by atoms with van der Waals surface area (Å²) in [5.74, 6) is 1.37. The third-order valence-corrected chi connectivity index (χ3v) is 3.20. The van der Waals surface area contributed by atoms with E-state index in [1.165, 1.54) is 24.8 Å². The van der Waals surface area contributed by atoms with Crippen LogP contribution in [-0.4, -0.2) is 19.6 Å². The van der Waals surface area contributed by atoms with E-state index in [1.807, 2.05) is 19.1 Å². The monoisotopic (exact) mass is 405 g/mol. The maximum Gasteiger partial charge on any atom is 0.188 e. The maximum absolute atomic E-state index is 5.86. The van der Waals surface area contributed by atoms with Gasteiger partial charge in [0.1, 0.15) is 5.75 Å². The molecule has 5 heteroatoms. The first-order valence-electron chi connectivity index (χ1n) is 7.34. The van der Waals surface area contributed by atoms with Crippen molar-refractivity contribution >= 4 is 29.9 Å². The molecule has 0 saturated carbocycles. The van der Waals surface area contributed by atoms with Gasteiger partial charge in [-0.15, -0.1) is 24.0 Å². The van der Waals surface area contributed by atoms with Crippen LogP contribution in [0.5, 0.6) is 5.75 Å². The molecule has 1 aromatic rings. The van der Waals surface area contributed by atoms with Crippen molar-refractivity contribution in [3.8, 4) is 5.75 Å². The lowest BCUT2D eigenvalue weighted by molar-refractivity contribution is 0.409. The molecule has 0 saturated heterocycles. The molecule has 21 heavy (non-hydrogen) atoms. The number of benzene rings is 1. The van der Waals surface area contributed by atoms with Crippen LogP contribution in [0.1, 0.15) is 43.7 Å². The van der Waals surface area contributed by atoms with Crippen molar-refractivity contribution in [3.63, 3.8) is 0 Å². The van der Waals surface area contributed by atoms with Gasteiger partial charge in [0.15, 0.2) is 5.96 Å². The lowest BCUT2D eigenvalue weighted by Gasteiger charge is -2.09. The fourth-order valence-electron chi connectivity index (χ4n) is 1.98. The minimum absolute atomic E-state index is 0. The summed E-state index contributed by atoms with van der Waals surface area (Å²) in [4.78, 5) is 4.35. The van der Waals surface area contributed by atoms with Crippen LogP contribution in [0, 0.1) is 6.92 Å². The molecule has 4 nitrogen and oxygen atoms in total. The van der Waals surface area contributed by atoms with Gasteiger partial charge in [-0.1, -0.05) is 38.3 Å². The Labute approximate surface area is 145 Å². The fraction of sp³-hybridized carbons (Fsp3) is 0.562. The number of ether oxygens (including phenoxy) is 1. The Kier molecular flexibility index (Phi) is 11.1. The standard InChI is InChI=1S/C16H27N3O.HI/c1-4-5-6-7-10-18-16(17)19-12-14-9-8-13(2)11-15(14)20-3;/h8-9,11H,4-7,10,12H2,1-3H3,(H3,17,18,19);1H. The first-order chi connectivity index (χ1) is 9.67. The number of nitrogens with zero attached hydrogens (tertiary/aromatic N) is 1. The Morgan fingerprint density at radius 2 is 2.05 bits per heavy atom. The molecular formula is C16H28IN3O. The molecule has 0 heterocycles. The van der Waals surface area contributed by atoms with E-state index in [2.05, 4.69) is 23.3 Å². The summed E-state index contributed by atoms with van der Waals surface area (Å²) in [6.07, 6.45) is 4.90. The molecule has 0 bridgehead atoms. The van der Waals surface area contributed by atoms with Gasteiger partial charge in [0, 0.05) is 12.1 Å². The number of nitrogens with two attached hydrogens (primary N) is 1. The molecule has 3 N–H and O–H groups in total. The Balaban J connectivity index is 0.00000400. The molecule has 0 amide bonds. The van der Waals surface area contributed by atoms with Crippen molar-refractivity contribution in [1.29, 1.82) is 0 Å². The molecule has 0 atom stereocenters. The zero-order valence-electron chi connectivity index (χ0n) is 13.3. The molecule has 0 spiro atoms. The number of hydrogen-bond acceptors (Lipinski definition) is 2. The van der Waals surface area contributed by atoms with Gasteiger partial charge in [0.25, 0.3) is 0 Å².